The van der Waals surface area contributed by atoms with E-state index in [0.717, 1.165) is 0 Å². The molecular formula is C14H24N6O7S. The Kier molecular flexibility index (Phi) is 10.6. The second-order valence-corrected chi connectivity index (χ2v) is 6.20. The van der Waals surface area contributed by atoms with Gasteiger partial charge in [-0.1, -0.05) is 0 Å². The van der Waals surface area contributed by atoms with Gasteiger partial charge in [-0.05, 0) is 6.92 Å². The first-order valence-electron chi connectivity index (χ1n) is 7.96. The first-order chi connectivity index (χ1) is 12.9. The third kappa shape index (κ3) is 9.18. The Morgan fingerprint density at radius 2 is 1.21 bits per heavy atom. The molecule has 0 aliphatic rings. The van der Waals surface area contributed by atoms with Crippen LogP contribution in [-0.2, 0) is 28.8 Å². The van der Waals surface area contributed by atoms with Gasteiger partial charge in [-0.3, -0.25) is 24.0 Å². The van der Waals surface area contributed by atoms with Crippen LogP contribution in [0.2, 0.25) is 0 Å². The summed E-state index contributed by atoms with van der Waals surface area (Å²) in [5, 5.41) is 15.5. The van der Waals surface area contributed by atoms with Crippen LogP contribution in [0.1, 0.15) is 19.8 Å². The van der Waals surface area contributed by atoms with Crippen LogP contribution >= 0.6 is 12.6 Å². The van der Waals surface area contributed by atoms with E-state index in [4.69, 9.17) is 22.3 Å². The van der Waals surface area contributed by atoms with E-state index in [9.17, 15) is 28.8 Å². The van der Waals surface area contributed by atoms with E-state index in [2.05, 4.69) is 23.3 Å². The lowest BCUT2D eigenvalue weighted by molar-refractivity contribution is -0.143. The van der Waals surface area contributed by atoms with E-state index in [1.807, 2.05) is 5.32 Å². The molecule has 0 aliphatic heterocycles. The van der Waals surface area contributed by atoms with Crippen molar-refractivity contribution in [3.63, 3.8) is 0 Å². The highest BCUT2D eigenvalue weighted by Crippen LogP contribution is 1.99. The van der Waals surface area contributed by atoms with Crippen molar-refractivity contribution in [1.82, 2.24) is 16.0 Å². The number of amides is 5. The number of hydrogen-bond acceptors (Lipinski definition) is 8. The highest BCUT2D eigenvalue weighted by Gasteiger charge is 2.30. The number of carbonyl (C=O) groups excluding carboxylic acids is 5. The molecule has 0 bridgehead atoms. The third-order valence-corrected chi connectivity index (χ3v) is 3.65. The monoisotopic (exact) mass is 420 g/mol. The molecule has 13 nitrogen and oxygen atoms in total. The van der Waals surface area contributed by atoms with E-state index < -0.39 is 72.5 Å². The number of thiol groups is 1. The van der Waals surface area contributed by atoms with E-state index in [-0.39, 0.29) is 5.75 Å². The zero-order valence-corrected chi connectivity index (χ0v) is 15.9. The summed E-state index contributed by atoms with van der Waals surface area (Å²) in [4.78, 5) is 69.3. The molecule has 0 saturated carbocycles. The standard InChI is InChI=1S/C14H24N6O7S/c1-5(15)11(23)18-6(2-9(16)21)12(24)20-8(4-28)13(25)19-7(14(26)27)3-10(17)22/h5-8,28H,2-4,15H2,1H3,(H2,16,21)(H2,17,22)(H,18,23)(H,19,25)(H,20,24)(H,26,27). The van der Waals surface area contributed by atoms with Crippen LogP contribution in [0, 0.1) is 0 Å². The minimum absolute atomic E-state index is 0.259. The van der Waals surface area contributed by atoms with E-state index in [1.165, 1.54) is 6.92 Å². The van der Waals surface area contributed by atoms with Crippen molar-refractivity contribution in [3.05, 3.63) is 0 Å². The molecule has 14 heteroatoms. The summed E-state index contributed by atoms with van der Waals surface area (Å²) in [6.07, 6.45) is -1.23. The Bertz CT molecular complexity index is 642. The largest absolute Gasteiger partial charge is 0.480 e. The maximum absolute atomic E-state index is 12.3. The SMILES string of the molecule is CC(N)C(=O)NC(CC(N)=O)C(=O)NC(CS)C(=O)NC(CC(N)=O)C(=O)O. The van der Waals surface area contributed by atoms with Crippen molar-refractivity contribution in [2.24, 2.45) is 17.2 Å². The van der Waals surface area contributed by atoms with Crippen molar-refractivity contribution in [1.29, 1.82) is 0 Å². The molecule has 4 atom stereocenters. The average Bonchev–Trinajstić information content (AvgIpc) is 2.56. The minimum atomic E-state index is -1.61. The Balaban J connectivity index is 5.19. The fourth-order valence-electron chi connectivity index (χ4n) is 1.85. The van der Waals surface area contributed by atoms with Crippen molar-refractivity contribution >= 4 is 48.1 Å². The molecule has 0 spiro atoms. The second-order valence-electron chi connectivity index (χ2n) is 5.83. The number of carboxylic acid groups (broad SMARTS) is 1. The van der Waals surface area contributed by atoms with Gasteiger partial charge in [-0.25, -0.2) is 4.79 Å². The molecule has 0 aromatic heterocycles. The van der Waals surface area contributed by atoms with Crippen LogP contribution in [-0.4, -0.2) is 70.5 Å². The van der Waals surface area contributed by atoms with Crippen LogP contribution in [0.5, 0.6) is 0 Å². The van der Waals surface area contributed by atoms with Gasteiger partial charge in [-0.15, -0.1) is 0 Å². The molecule has 0 heterocycles. The van der Waals surface area contributed by atoms with Gasteiger partial charge >= 0.3 is 5.97 Å². The summed E-state index contributed by atoms with van der Waals surface area (Å²) in [5.41, 5.74) is 15.4. The highest BCUT2D eigenvalue weighted by atomic mass is 32.1. The summed E-state index contributed by atoms with van der Waals surface area (Å²) in [5.74, 6) is -6.26. The predicted molar refractivity (Wildman–Crippen MR) is 98.6 cm³/mol. The maximum Gasteiger partial charge on any atom is 0.326 e. The molecule has 0 fully saturated rings. The molecule has 28 heavy (non-hydrogen) atoms. The van der Waals surface area contributed by atoms with Crippen LogP contribution in [0.15, 0.2) is 0 Å². The van der Waals surface area contributed by atoms with Crippen molar-refractivity contribution < 1.29 is 33.9 Å². The Hall–Kier alpha value is -2.87. The lowest BCUT2D eigenvalue weighted by Gasteiger charge is -2.23. The molecule has 0 saturated heterocycles. The van der Waals surface area contributed by atoms with Gasteiger partial charge in [-0.2, -0.15) is 12.6 Å². The van der Waals surface area contributed by atoms with Gasteiger partial charge in [0.2, 0.25) is 29.5 Å². The van der Waals surface area contributed by atoms with E-state index in [0.29, 0.717) is 0 Å². The van der Waals surface area contributed by atoms with E-state index in [1.54, 1.807) is 0 Å². The molecule has 0 aliphatic carbocycles. The highest BCUT2D eigenvalue weighted by molar-refractivity contribution is 7.80. The van der Waals surface area contributed by atoms with Crippen LogP contribution in [0.4, 0.5) is 0 Å². The lowest BCUT2D eigenvalue weighted by atomic mass is 10.1. The number of carboxylic acids is 1. The van der Waals surface area contributed by atoms with E-state index >= 15 is 0 Å². The zero-order chi connectivity index (χ0) is 22.0. The van der Waals surface area contributed by atoms with Crippen LogP contribution in [0.25, 0.3) is 0 Å². The molecule has 4 unspecified atom stereocenters. The van der Waals surface area contributed by atoms with Crippen LogP contribution < -0.4 is 33.2 Å². The summed E-state index contributed by atoms with van der Waals surface area (Å²) >= 11 is 3.90. The van der Waals surface area contributed by atoms with Gasteiger partial charge in [0, 0.05) is 5.75 Å². The Morgan fingerprint density at radius 1 is 0.821 bits per heavy atom. The Morgan fingerprint density at radius 3 is 1.61 bits per heavy atom. The van der Waals surface area contributed by atoms with Gasteiger partial charge in [0.15, 0.2) is 0 Å². The maximum atomic E-state index is 12.3. The number of nitrogens with one attached hydrogen (secondary N) is 3. The fourth-order valence-corrected chi connectivity index (χ4v) is 2.11. The normalized spacial score (nSPS) is 14.7. The summed E-state index contributed by atoms with van der Waals surface area (Å²) in [7, 11) is 0. The topological polar surface area (TPSA) is 237 Å². The smallest absolute Gasteiger partial charge is 0.326 e. The van der Waals surface area contributed by atoms with Gasteiger partial charge in [0.05, 0.1) is 18.9 Å². The molecule has 0 radical (unpaired) electrons. The lowest BCUT2D eigenvalue weighted by Crippen LogP contribution is -2.58. The summed E-state index contributed by atoms with van der Waals surface area (Å²) < 4.78 is 0. The molecule has 0 aromatic rings. The van der Waals surface area contributed by atoms with Gasteiger partial charge in [0.25, 0.3) is 0 Å². The quantitative estimate of drug-likeness (QED) is 0.143. The molecule has 158 valence electrons. The second kappa shape index (κ2) is 11.8. The number of primary amides is 2. The zero-order valence-electron chi connectivity index (χ0n) is 15.0. The molecule has 0 aromatic carbocycles. The van der Waals surface area contributed by atoms with Gasteiger partial charge in [0.1, 0.15) is 18.1 Å². The van der Waals surface area contributed by atoms with Crippen molar-refractivity contribution in [3.8, 4) is 0 Å². The number of carbonyl (C=O) groups is 6. The van der Waals surface area contributed by atoms with Crippen molar-refractivity contribution in [2.75, 3.05) is 5.75 Å². The third-order valence-electron chi connectivity index (χ3n) is 3.29. The number of hydrogen-bond donors (Lipinski definition) is 8. The number of nitrogens with two attached hydrogens (primary N) is 3. The summed E-state index contributed by atoms with van der Waals surface area (Å²) in [6.45, 7) is 1.35. The average molecular weight is 420 g/mol. The molecule has 5 amide bonds. The fraction of sp³-hybridized carbons (Fsp3) is 0.571. The number of aliphatic carboxylic acids is 1. The number of rotatable bonds is 12. The first-order valence-corrected chi connectivity index (χ1v) is 8.59. The molecular weight excluding hydrogens is 396 g/mol. The predicted octanol–water partition coefficient (Wildman–Crippen LogP) is -4.45. The Labute approximate surface area is 165 Å². The van der Waals surface area contributed by atoms with Crippen LogP contribution in [0.3, 0.4) is 0 Å². The van der Waals surface area contributed by atoms with Gasteiger partial charge < -0.3 is 38.3 Å². The summed E-state index contributed by atoms with van der Waals surface area (Å²) in [6, 6.07) is -5.33. The first kappa shape index (κ1) is 25.1. The molecule has 10 N–H and O–H groups in total. The minimum Gasteiger partial charge on any atom is -0.480 e. The molecule has 0 rings (SSSR count). The van der Waals surface area contributed by atoms with Crippen molar-refractivity contribution in [2.45, 2.75) is 43.9 Å².